The summed E-state index contributed by atoms with van der Waals surface area (Å²) in [5.74, 6) is -3.10. The fourth-order valence-electron chi connectivity index (χ4n) is 1.61. The number of halogens is 2. The van der Waals surface area contributed by atoms with Crippen LogP contribution in [0.5, 0.6) is 5.75 Å². The zero-order valence-electron chi connectivity index (χ0n) is 8.21. The molecule has 0 amide bonds. The van der Waals surface area contributed by atoms with Crippen LogP contribution in [-0.4, -0.2) is 10.6 Å². The first-order chi connectivity index (χ1) is 6.91. The second kappa shape index (κ2) is 3.17. The van der Waals surface area contributed by atoms with E-state index in [1.807, 2.05) is 0 Å². The number of aromatic hydroxyl groups is 1. The van der Waals surface area contributed by atoms with Gasteiger partial charge in [-0.3, -0.25) is 0 Å². The van der Waals surface area contributed by atoms with Crippen LogP contribution in [0, 0.1) is 0 Å². The van der Waals surface area contributed by atoms with Crippen LogP contribution in [0.3, 0.4) is 0 Å². The van der Waals surface area contributed by atoms with Gasteiger partial charge < -0.3 is 10.8 Å². The molecule has 1 aromatic rings. The molecule has 0 heterocycles. The second-order valence-corrected chi connectivity index (χ2v) is 4.29. The third-order valence-electron chi connectivity index (χ3n) is 2.73. The molecule has 0 aromatic heterocycles. The summed E-state index contributed by atoms with van der Waals surface area (Å²) in [6.07, 6.45) is 0.965. The van der Waals surface area contributed by atoms with Gasteiger partial charge in [-0.05, 0) is 25.0 Å². The lowest BCUT2D eigenvalue weighted by molar-refractivity contribution is -0.0225. The van der Waals surface area contributed by atoms with E-state index < -0.39 is 11.5 Å². The summed E-state index contributed by atoms with van der Waals surface area (Å²) in [6.45, 7) is 0. The largest absolute Gasteiger partial charge is 0.508 e. The van der Waals surface area contributed by atoms with E-state index in [-0.39, 0.29) is 17.7 Å². The van der Waals surface area contributed by atoms with Crippen molar-refractivity contribution >= 4 is 0 Å². The summed E-state index contributed by atoms with van der Waals surface area (Å²) in [7, 11) is 0. The molecule has 1 aromatic carbocycles. The molecule has 15 heavy (non-hydrogen) atoms. The van der Waals surface area contributed by atoms with E-state index in [0.29, 0.717) is 12.8 Å². The molecule has 0 aliphatic heterocycles. The van der Waals surface area contributed by atoms with Crippen molar-refractivity contribution in [3.8, 4) is 5.75 Å². The highest BCUT2D eigenvalue weighted by atomic mass is 19.3. The van der Waals surface area contributed by atoms with Gasteiger partial charge in [0.15, 0.2) is 0 Å². The topological polar surface area (TPSA) is 46.2 Å². The van der Waals surface area contributed by atoms with Crippen molar-refractivity contribution in [2.45, 2.75) is 30.7 Å². The van der Waals surface area contributed by atoms with Crippen molar-refractivity contribution in [2.75, 3.05) is 0 Å². The molecule has 1 aliphatic carbocycles. The van der Waals surface area contributed by atoms with Gasteiger partial charge in [0.2, 0.25) is 0 Å². The first-order valence-corrected chi connectivity index (χ1v) is 4.88. The normalized spacial score (nSPS) is 18.9. The van der Waals surface area contributed by atoms with E-state index >= 15 is 0 Å². The van der Waals surface area contributed by atoms with Crippen molar-refractivity contribution in [3.05, 3.63) is 29.8 Å². The minimum atomic E-state index is -2.95. The number of phenolic OH excluding ortho intramolecular Hbond substituents is 1. The van der Waals surface area contributed by atoms with Crippen molar-refractivity contribution < 1.29 is 13.9 Å². The summed E-state index contributed by atoms with van der Waals surface area (Å²) in [5, 5.41) is 9.13. The highest BCUT2D eigenvalue weighted by Gasteiger charge is 2.48. The lowest BCUT2D eigenvalue weighted by Crippen LogP contribution is -2.30. The Kier molecular flexibility index (Phi) is 2.19. The lowest BCUT2D eigenvalue weighted by Gasteiger charge is -2.20. The monoisotopic (exact) mass is 213 g/mol. The van der Waals surface area contributed by atoms with Gasteiger partial charge in [0.1, 0.15) is 5.75 Å². The molecule has 0 spiro atoms. The van der Waals surface area contributed by atoms with Gasteiger partial charge >= 0.3 is 0 Å². The van der Waals surface area contributed by atoms with Crippen molar-refractivity contribution in [3.63, 3.8) is 0 Å². The Balaban J connectivity index is 2.20. The molecule has 0 atom stereocenters. The maximum atomic E-state index is 13.7. The van der Waals surface area contributed by atoms with Gasteiger partial charge in [-0.1, -0.05) is 12.1 Å². The van der Waals surface area contributed by atoms with Gasteiger partial charge in [-0.25, -0.2) is 8.78 Å². The highest BCUT2D eigenvalue weighted by molar-refractivity contribution is 5.30. The predicted molar refractivity (Wildman–Crippen MR) is 52.8 cm³/mol. The third kappa shape index (κ3) is 2.26. The molecule has 0 radical (unpaired) electrons. The molecule has 0 bridgehead atoms. The molecule has 82 valence electrons. The average Bonchev–Trinajstić information content (AvgIpc) is 2.82. The molecule has 2 nitrogen and oxygen atoms in total. The molecular formula is C11H13F2NO. The van der Waals surface area contributed by atoms with Crippen LogP contribution in [0.15, 0.2) is 24.3 Å². The van der Waals surface area contributed by atoms with Crippen LogP contribution >= 0.6 is 0 Å². The van der Waals surface area contributed by atoms with E-state index in [9.17, 15) is 8.78 Å². The van der Waals surface area contributed by atoms with Crippen molar-refractivity contribution in [1.82, 2.24) is 0 Å². The standard InChI is InChI=1S/C11H13F2NO/c12-11(13,7-10(14)4-5-10)8-2-1-3-9(15)6-8/h1-3,6,15H,4-5,7,14H2. The molecule has 3 N–H and O–H groups in total. The average molecular weight is 213 g/mol. The van der Waals surface area contributed by atoms with Gasteiger partial charge in [0.05, 0.1) is 0 Å². The quantitative estimate of drug-likeness (QED) is 0.809. The van der Waals surface area contributed by atoms with Crippen LogP contribution < -0.4 is 5.73 Å². The first kappa shape index (κ1) is 10.4. The Bertz CT molecular complexity index is 375. The Morgan fingerprint density at radius 2 is 2.07 bits per heavy atom. The number of hydrogen-bond donors (Lipinski definition) is 2. The maximum absolute atomic E-state index is 13.7. The highest BCUT2D eigenvalue weighted by Crippen LogP contribution is 2.45. The van der Waals surface area contributed by atoms with Crippen LogP contribution in [0.2, 0.25) is 0 Å². The first-order valence-electron chi connectivity index (χ1n) is 4.88. The Labute approximate surface area is 86.7 Å². The van der Waals surface area contributed by atoms with Crippen molar-refractivity contribution in [2.24, 2.45) is 5.73 Å². The molecule has 1 saturated carbocycles. The van der Waals surface area contributed by atoms with E-state index in [1.54, 1.807) is 0 Å². The smallest absolute Gasteiger partial charge is 0.275 e. The zero-order chi connectivity index (χ0) is 11.1. The Morgan fingerprint density at radius 3 is 2.60 bits per heavy atom. The molecule has 4 heteroatoms. The van der Waals surface area contributed by atoms with Crippen LogP contribution in [0.25, 0.3) is 0 Å². The summed E-state index contributed by atoms with van der Waals surface area (Å²) >= 11 is 0. The fourth-order valence-corrected chi connectivity index (χ4v) is 1.61. The number of phenols is 1. The summed E-state index contributed by atoms with van der Waals surface area (Å²) < 4.78 is 27.4. The van der Waals surface area contributed by atoms with Gasteiger partial charge in [-0.15, -0.1) is 0 Å². The van der Waals surface area contributed by atoms with Crippen LogP contribution in [0.1, 0.15) is 24.8 Å². The molecule has 0 saturated heterocycles. The van der Waals surface area contributed by atoms with Crippen LogP contribution in [-0.2, 0) is 5.92 Å². The minimum Gasteiger partial charge on any atom is -0.508 e. The molecule has 0 unspecified atom stereocenters. The number of alkyl halides is 2. The molecular weight excluding hydrogens is 200 g/mol. The van der Waals surface area contributed by atoms with Crippen molar-refractivity contribution in [1.29, 1.82) is 0 Å². The Hall–Kier alpha value is -1.16. The van der Waals surface area contributed by atoms with Gasteiger partial charge in [0, 0.05) is 17.5 Å². The number of hydrogen-bond acceptors (Lipinski definition) is 2. The lowest BCUT2D eigenvalue weighted by atomic mass is 10.00. The Morgan fingerprint density at radius 1 is 1.40 bits per heavy atom. The number of benzene rings is 1. The number of nitrogens with two attached hydrogens (primary N) is 1. The summed E-state index contributed by atoms with van der Waals surface area (Å²) in [4.78, 5) is 0. The maximum Gasteiger partial charge on any atom is 0.275 e. The van der Waals surface area contributed by atoms with E-state index in [1.165, 1.54) is 18.2 Å². The predicted octanol–water partition coefficient (Wildman–Crippen LogP) is 2.37. The number of rotatable bonds is 3. The third-order valence-corrected chi connectivity index (χ3v) is 2.73. The molecule has 2 rings (SSSR count). The SMILES string of the molecule is NC1(CC(F)(F)c2cccc(O)c2)CC1. The van der Waals surface area contributed by atoms with Crippen LogP contribution in [0.4, 0.5) is 8.78 Å². The zero-order valence-corrected chi connectivity index (χ0v) is 8.21. The van der Waals surface area contributed by atoms with Gasteiger partial charge in [-0.2, -0.15) is 0 Å². The van der Waals surface area contributed by atoms with E-state index in [4.69, 9.17) is 10.8 Å². The summed E-state index contributed by atoms with van der Waals surface area (Å²) in [6, 6.07) is 5.18. The molecule has 1 aliphatic rings. The molecule has 1 fully saturated rings. The van der Waals surface area contributed by atoms with E-state index in [0.717, 1.165) is 6.07 Å². The van der Waals surface area contributed by atoms with E-state index in [2.05, 4.69) is 0 Å². The summed E-state index contributed by atoms with van der Waals surface area (Å²) in [5.41, 5.74) is 4.80. The van der Waals surface area contributed by atoms with Gasteiger partial charge in [0.25, 0.3) is 5.92 Å². The minimum absolute atomic E-state index is 0.144. The fraction of sp³-hybridized carbons (Fsp3) is 0.455. The second-order valence-electron chi connectivity index (χ2n) is 4.29.